The molecule has 9 heteroatoms. The topological polar surface area (TPSA) is 90.9 Å². The first-order valence-corrected chi connectivity index (χ1v) is 7.54. The molecular weight excluding hydrogens is 364 g/mol. The number of esters is 2. The van der Waals surface area contributed by atoms with Gasteiger partial charge in [0, 0.05) is 6.07 Å². The first-order chi connectivity index (χ1) is 12.8. The molecule has 2 aromatic carbocycles. The van der Waals surface area contributed by atoms with Gasteiger partial charge in [-0.3, -0.25) is 4.79 Å². The van der Waals surface area contributed by atoms with Crippen molar-refractivity contribution in [3.63, 3.8) is 0 Å². The normalized spacial score (nSPS) is 10.1. The molecule has 0 aliphatic heterocycles. The molecule has 2 aromatic rings. The molecule has 0 heterocycles. The lowest BCUT2D eigenvalue weighted by Crippen LogP contribution is -2.22. The van der Waals surface area contributed by atoms with Crippen molar-refractivity contribution < 1.29 is 37.4 Å². The van der Waals surface area contributed by atoms with Crippen LogP contribution in [0.15, 0.2) is 36.4 Å². The Bertz CT molecular complexity index is 884. The van der Waals surface area contributed by atoms with Crippen molar-refractivity contribution in [3.8, 4) is 5.75 Å². The summed E-state index contributed by atoms with van der Waals surface area (Å²) in [5, 5.41) is 2.40. The lowest BCUT2D eigenvalue weighted by Gasteiger charge is -2.12. The van der Waals surface area contributed by atoms with E-state index in [0.29, 0.717) is 0 Å². The van der Waals surface area contributed by atoms with Crippen LogP contribution >= 0.6 is 0 Å². The molecule has 7 nitrogen and oxygen atoms in total. The number of benzene rings is 2. The molecule has 1 amide bonds. The van der Waals surface area contributed by atoms with E-state index in [-0.39, 0.29) is 22.6 Å². The van der Waals surface area contributed by atoms with Crippen molar-refractivity contribution in [3.05, 3.63) is 59.2 Å². The minimum Gasteiger partial charge on any atom is -0.484 e. The Morgan fingerprint density at radius 2 is 1.63 bits per heavy atom. The molecule has 1 N–H and O–H groups in total. The molecule has 0 atom stereocenters. The van der Waals surface area contributed by atoms with Crippen molar-refractivity contribution in [2.45, 2.75) is 0 Å². The minimum absolute atomic E-state index is 0.00337. The first kappa shape index (κ1) is 19.8. The second-order valence-corrected chi connectivity index (χ2v) is 5.16. The third-order valence-corrected chi connectivity index (χ3v) is 3.38. The number of carbonyl (C=O) groups excluding carboxylic acids is 3. The van der Waals surface area contributed by atoms with E-state index in [1.807, 2.05) is 0 Å². The van der Waals surface area contributed by atoms with E-state index < -0.39 is 36.1 Å². The summed E-state index contributed by atoms with van der Waals surface area (Å²) in [6, 6.07) is 6.69. The van der Waals surface area contributed by atoms with Gasteiger partial charge in [0.15, 0.2) is 18.2 Å². The maximum absolute atomic E-state index is 13.1. The summed E-state index contributed by atoms with van der Waals surface area (Å²) < 4.78 is 40.3. The monoisotopic (exact) mass is 379 g/mol. The molecule has 0 aliphatic carbocycles. The van der Waals surface area contributed by atoms with E-state index in [9.17, 15) is 23.2 Å². The summed E-state index contributed by atoms with van der Waals surface area (Å²) >= 11 is 0. The average molecular weight is 379 g/mol. The predicted octanol–water partition coefficient (Wildman–Crippen LogP) is 2.56. The minimum atomic E-state index is -1.12. The maximum atomic E-state index is 13.1. The quantitative estimate of drug-likeness (QED) is 0.776. The standard InChI is InChI=1S/C18H15F2NO6/c1-25-17(23)10-3-5-12(18(24)26-2)15(7-10)21-16(22)9-27-11-4-6-13(19)14(20)8-11/h3-8H,9H2,1-2H3,(H,21,22). The van der Waals surface area contributed by atoms with Crippen LogP contribution < -0.4 is 10.1 Å². The molecule has 0 fully saturated rings. The third-order valence-electron chi connectivity index (χ3n) is 3.38. The number of nitrogens with one attached hydrogen (secondary N) is 1. The number of amides is 1. The van der Waals surface area contributed by atoms with Crippen LogP contribution in [0.2, 0.25) is 0 Å². The van der Waals surface area contributed by atoms with Crippen LogP contribution in [0.1, 0.15) is 20.7 Å². The Hall–Kier alpha value is -3.49. The van der Waals surface area contributed by atoms with Crippen LogP contribution in [0.25, 0.3) is 0 Å². The summed E-state index contributed by atoms with van der Waals surface area (Å²) in [7, 11) is 2.35. The summed E-state index contributed by atoms with van der Waals surface area (Å²) in [4.78, 5) is 35.5. The van der Waals surface area contributed by atoms with E-state index in [2.05, 4.69) is 14.8 Å². The van der Waals surface area contributed by atoms with Gasteiger partial charge in [0.05, 0.1) is 31.0 Å². The molecule has 0 saturated carbocycles. The highest BCUT2D eigenvalue weighted by molar-refractivity contribution is 6.03. The Balaban J connectivity index is 2.15. The zero-order chi connectivity index (χ0) is 20.0. The molecule has 0 radical (unpaired) electrons. The average Bonchev–Trinajstić information content (AvgIpc) is 2.67. The van der Waals surface area contributed by atoms with E-state index in [1.165, 1.54) is 25.3 Å². The number of carbonyl (C=O) groups is 3. The van der Waals surface area contributed by atoms with Crippen LogP contribution in [0.3, 0.4) is 0 Å². The summed E-state index contributed by atoms with van der Waals surface area (Å²) in [6.45, 7) is -0.547. The molecule has 27 heavy (non-hydrogen) atoms. The number of anilines is 1. The number of rotatable bonds is 6. The summed E-state index contributed by atoms with van der Waals surface area (Å²) in [5.41, 5.74) is 0.108. The van der Waals surface area contributed by atoms with Gasteiger partial charge in [0.25, 0.3) is 5.91 Å². The molecule has 0 bridgehead atoms. The Morgan fingerprint density at radius 3 is 2.26 bits per heavy atom. The molecular formula is C18H15F2NO6. The molecule has 142 valence electrons. The first-order valence-electron chi connectivity index (χ1n) is 7.54. The highest BCUT2D eigenvalue weighted by Crippen LogP contribution is 2.20. The zero-order valence-corrected chi connectivity index (χ0v) is 14.4. The van der Waals surface area contributed by atoms with Crippen molar-refractivity contribution in [1.29, 1.82) is 0 Å². The molecule has 0 unspecified atom stereocenters. The van der Waals surface area contributed by atoms with Gasteiger partial charge >= 0.3 is 11.9 Å². The fraction of sp³-hybridized carbons (Fsp3) is 0.167. The summed E-state index contributed by atoms with van der Waals surface area (Å²) in [5.74, 6) is -4.32. The van der Waals surface area contributed by atoms with Crippen molar-refractivity contribution in [2.24, 2.45) is 0 Å². The number of ether oxygens (including phenoxy) is 3. The van der Waals surface area contributed by atoms with Gasteiger partial charge in [0.1, 0.15) is 5.75 Å². The van der Waals surface area contributed by atoms with Gasteiger partial charge in [-0.05, 0) is 30.3 Å². The van der Waals surface area contributed by atoms with Gasteiger partial charge in [-0.1, -0.05) is 0 Å². The SMILES string of the molecule is COC(=O)c1ccc(C(=O)OC)c(NC(=O)COc2ccc(F)c(F)c2)c1. The van der Waals surface area contributed by atoms with Crippen molar-refractivity contribution in [2.75, 3.05) is 26.1 Å². The van der Waals surface area contributed by atoms with Crippen LogP contribution in [0.4, 0.5) is 14.5 Å². The molecule has 2 rings (SSSR count). The van der Waals surface area contributed by atoms with Crippen molar-refractivity contribution >= 4 is 23.5 Å². The number of halogens is 2. The number of hydrogen-bond acceptors (Lipinski definition) is 6. The highest BCUT2D eigenvalue weighted by Gasteiger charge is 2.17. The fourth-order valence-corrected chi connectivity index (χ4v) is 2.08. The van der Waals surface area contributed by atoms with E-state index >= 15 is 0 Å². The van der Waals surface area contributed by atoms with Gasteiger partial charge < -0.3 is 19.5 Å². The Morgan fingerprint density at radius 1 is 0.926 bits per heavy atom. The molecule has 0 spiro atoms. The zero-order valence-electron chi connectivity index (χ0n) is 14.4. The van der Waals surface area contributed by atoms with E-state index in [0.717, 1.165) is 25.3 Å². The van der Waals surface area contributed by atoms with Gasteiger partial charge in [0.2, 0.25) is 0 Å². The number of hydrogen-bond donors (Lipinski definition) is 1. The smallest absolute Gasteiger partial charge is 0.339 e. The van der Waals surface area contributed by atoms with Gasteiger partial charge in [-0.25, -0.2) is 18.4 Å². The fourth-order valence-electron chi connectivity index (χ4n) is 2.08. The molecule has 0 aliphatic rings. The maximum Gasteiger partial charge on any atom is 0.339 e. The van der Waals surface area contributed by atoms with E-state index in [4.69, 9.17) is 4.74 Å². The lowest BCUT2D eigenvalue weighted by molar-refractivity contribution is -0.118. The third kappa shape index (κ3) is 5.00. The highest BCUT2D eigenvalue weighted by atomic mass is 19.2. The van der Waals surface area contributed by atoms with Gasteiger partial charge in [-0.2, -0.15) is 0 Å². The van der Waals surface area contributed by atoms with Crippen LogP contribution in [-0.2, 0) is 14.3 Å². The van der Waals surface area contributed by atoms with E-state index in [1.54, 1.807) is 0 Å². The largest absolute Gasteiger partial charge is 0.484 e. The molecule has 0 aromatic heterocycles. The Kier molecular flexibility index (Phi) is 6.42. The Labute approximate surface area is 152 Å². The molecule has 0 saturated heterocycles. The van der Waals surface area contributed by atoms with Crippen molar-refractivity contribution in [1.82, 2.24) is 0 Å². The second-order valence-electron chi connectivity index (χ2n) is 5.16. The predicted molar refractivity (Wildman–Crippen MR) is 89.6 cm³/mol. The number of methoxy groups -OCH3 is 2. The van der Waals surface area contributed by atoms with Crippen LogP contribution in [0, 0.1) is 11.6 Å². The summed E-state index contributed by atoms with van der Waals surface area (Å²) in [6.07, 6.45) is 0. The second kappa shape index (κ2) is 8.75. The van der Waals surface area contributed by atoms with Crippen LogP contribution in [0.5, 0.6) is 5.75 Å². The van der Waals surface area contributed by atoms with Crippen LogP contribution in [-0.4, -0.2) is 38.7 Å². The van der Waals surface area contributed by atoms with Gasteiger partial charge in [-0.15, -0.1) is 0 Å². The lowest BCUT2D eigenvalue weighted by atomic mass is 10.1.